The van der Waals surface area contributed by atoms with Crippen LogP contribution in [0.25, 0.3) is 10.9 Å². The molecular formula is C20H15Cl2FN4S2. The van der Waals surface area contributed by atoms with Gasteiger partial charge in [-0.2, -0.15) is 0 Å². The predicted octanol–water partition coefficient (Wildman–Crippen LogP) is 6.39. The minimum Gasteiger partial charge on any atom is -0.308 e. The average molecular weight is 465 g/mol. The molecule has 4 nitrogen and oxygen atoms in total. The molecule has 4 aromatic rings. The van der Waals surface area contributed by atoms with Gasteiger partial charge in [-0.25, -0.2) is 4.39 Å². The number of thioether (sulfide) groups is 2. The molecule has 2 heterocycles. The molecule has 0 aliphatic carbocycles. The summed E-state index contributed by atoms with van der Waals surface area (Å²) in [5, 5.41) is 11.4. The second-order valence-electron chi connectivity index (χ2n) is 6.21. The molecule has 0 N–H and O–H groups in total. The Morgan fingerprint density at radius 3 is 2.72 bits per heavy atom. The standard InChI is InChI=1S/C20H15Cl2FN4S2/c1-27-19(11-28-18-7-8-24-17-9-12(21)5-6-13(17)18)25-26-20(27)29-10-14-15(22)3-2-4-16(14)23/h2-9H,10-11H2,1H3. The van der Waals surface area contributed by atoms with E-state index in [1.165, 1.54) is 17.8 Å². The van der Waals surface area contributed by atoms with E-state index in [0.29, 0.717) is 32.3 Å². The molecule has 29 heavy (non-hydrogen) atoms. The quantitative estimate of drug-likeness (QED) is 0.309. The van der Waals surface area contributed by atoms with Gasteiger partial charge in [-0.1, -0.05) is 47.1 Å². The summed E-state index contributed by atoms with van der Waals surface area (Å²) in [6.45, 7) is 0. The van der Waals surface area contributed by atoms with Crippen LogP contribution in [0.15, 0.2) is 58.7 Å². The zero-order valence-corrected chi connectivity index (χ0v) is 18.4. The fraction of sp³-hybridized carbons (Fsp3) is 0.150. The Balaban J connectivity index is 1.47. The number of rotatable bonds is 6. The van der Waals surface area contributed by atoms with Gasteiger partial charge in [0, 0.05) is 44.9 Å². The third kappa shape index (κ3) is 4.53. The van der Waals surface area contributed by atoms with Crippen molar-refractivity contribution in [2.75, 3.05) is 0 Å². The minimum atomic E-state index is -0.312. The lowest BCUT2D eigenvalue weighted by atomic mass is 10.2. The van der Waals surface area contributed by atoms with Gasteiger partial charge in [0.15, 0.2) is 5.16 Å². The Bertz CT molecular complexity index is 1160. The van der Waals surface area contributed by atoms with Crippen LogP contribution in [-0.4, -0.2) is 19.7 Å². The Morgan fingerprint density at radius 1 is 1.03 bits per heavy atom. The lowest BCUT2D eigenvalue weighted by Gasteiger charge is -2.07. The van der Waals surface area contributed by atoms with Crippen LogP contribution in [0.2, 0.25) is 10.0 Å². The maximum atomic E-state index is 14.0. The summed E-state index contributed by atoms with van der Waals surface area (Å²) >= 11 is 15.2. The molecule has 0 saturated carbocycles. The highest BCUT2D eigenvalue weighted by atomic mass is 35.5. The minimum absolute atomic E-state index is 0.312. The summed E-state index contributed by atoms with van der Waals surface area (Å²) in [5.74, 6) is 1.55. The van der Waals surface area contributed by atoms with Crippen LogP contribution in [0.4, 0.5) is 4.39 Å². The molecular weight excluding hydrogens is 450 g/mol. The fourth-order valence-corrected chi connectivity index (χ4v) is 5.23. The van der Waals surface area contributed by atoms with E-state index in [-0.39, 0.29) is 5.82 Å². The summed E-state index contributed by atoms with van der Waals surface area (Å²) in [6.07, 6.45) is 1.77. The molecule has 2 aromatic heterocycles. The molecule has 0 saturated heterocycles. The van der Waals surface area contributed by atoms with E-state index < -0.39 is 0 Å². The van der Waals surface area contributed by atoms with Gasteiger partial charge in [0.05, 0.1) is 11.3 Å². The number of fused-ring (bicyclic) bond motifs is 1. The highest BCUT2D eigenvalue weighted by Crippen LogP contribution is 2.32. The second kappa shape index (κ2) is 8.92. The van der Waals surface area contributed by atoms with Crippen LogP contribution in [-0.2, 0) is 18.6 Å². The monoisotopic (exact) mass is 464 g/mol. The van der Waals surface area contributed by atoms with Gasteiger partial charge in [0.2, 0.25) is 0 Å². The van der Waals surface area contributed by atoms with Gasteiger partial charge in [-0.3, -0.25) is 4.98 Å². The van der Waals surface area contributed by atoms with Gasteiger partial charge in [0.1, 0.15) is 11.6 Å². The zero-order chi connectivity index (χ0) is 20.4. The van der Waals surface area contributed by atoms with Crippen molar-refractivity contribution >= 4 is 57.6 Å². The fourth-order valence-electron chi connectivity index (χ4n) is 2.77. The van der Waals surface area contributed by atoms with Crippen molar-refractivity contribution in [2.45, 2.75) is 21.6 Å². The number of nitrogens with zero attached hydrogens (tertiary/aromatic N) is 4. The first kappa shape index (κ1) is 20.5. The van der Waals surface area contributed by atoms with Crippen LogP contribution in [0.5, 0.6) is 0 Å². The summed E-state index contributed by atoms with van der Waals surface area (Å²) in [4.78, 5) is 5.47. The Labute approximate surface area is 185 Å². The number of aromatic nitrogens is 4. The van der Waals surface area contributed by atoms with E-state index in [2.05, 4.69) is 15.2 Å². The molecule has 4 rings (SSSR count). The van der Waals surface area contributed by atoms with Crippen molar-refractivity contribution in [3.05, 3.63) is 75.9 Å². The molecule has 148 valence electrons. The molecule has 0 fully saturated rings. The molecule has 0 unspecified atom stereocenters. The Morgan fingerprint density at radius 2 is 1.90 bits per heavy atom. The summed E-state index contributed by atoms with van der Waals surface area (Å²) in [6, 6.07) is 12.4. The molecule has 0 spiro atoms. The second-order valence-corrected chi connectivity index (χ2v) is 9.01. The van der Waals surface area contributed by atoms with Crippen LogP contribution in [0.1, 0.15) is 11.4 Å². The van der Waals surface area contributed by atoms with Crippen molar-refractivity contribution in [1.82, 2.24) is 19.7 Å². The van der Waals surface area contributed by atoms with Gasteiger partial charge in [-0.05, 0) is 30.3 Å². The van der Waals surface area contributed by atoms with Crippen molar-refractivity contribution in [2.24, 2.45) is 7.05 Å². The maximum absolute atomic E-state index is 14.0. The van der Waals surface area contributed by atoms with Gasteiger partial charge in [-0.15, -0.1) is 22.0 Å². The molecule has 0 aliphatic heterocycles. The smallest absolute Gasteiger partial charge is 0.191 e. The van der Waals surface area contributed by atoms with Gasteiger partial charge < -0.3 is 4.57 Å². The molecule has 2 aromatic carbocycles. The van der Waals surface area contributed by atoms with Crippen molar-refractivity contribution in [1.29, 1.82) is 0 Å². The van der Waals surface area contributed by atoms with Gasteiger partial charge in [0.25, 0.3) is 0 Å². The topological polar surface area (TPSA) is 43.6 Å². The lowest BCUT2D eigenvalue weighted by molar-refractivity contribution is 0.617. The molecule has 0 amide bonds. The third-order valence-electron chi connectivity index (χ3n) is 4.35. The van der Waals surface area contributed by atoms with Crippen LogP contribution < -0.4 is 0 Å². The average Bonchev–Trinajstić information content (AvgIpc) is 3.05. The highest BCUT2D eigenvalue weighted by molar-refractivity contribution is 7.99. The van der Waals surface area contributed by atoms with E-state index >= 15 is 0 Å². The summed E-state index contributed by atoms with van der Waals surface area (Å²) < 4.78 is 15.9. The largest absolute Gasteiger partial charge is 0.308 e. The van der Waals surface area contributed by atoms with E-state index in [4.69, 9.17) is 23.2 Å². The Hall–Kier alpha value is -1.80. The molecule has 0 atom stereocenters. The van der Waals surface area contributed by atoms with Crippen LogP contribution in [0, 0.1) is 5.82 Å². The lowest BCUT2D eigenvalue weighted by Crippen LogP contribution is -1.98. The number of benzene rings is 2. The molecule has 0 aliphatic rings. The van der Waals surface area contributed by atoms with Crippen LogP contribution in [0.3, 0.4) is 0 Å². The maximum Gasteiger partial charge on any atom is 0.191 e. The first-order chi connectivity index (χ1) is 14.0. The molecule has 0 radical (unpaired) electrons. The van der Waals surface area contributed by atoms with Crippen molar-refractivity contribution < 1.29 is 4.39 Å². The molecule has 0 bridgehead atoms. The normalized spacial score (nSPS) is 11.3. The van der Waals surface area contributed by atoms with Gasteiger partial charge >= 0.3 is 0 Å². The highest BCUT2D eigenvalue weighted by Gasteiger charge is 2.13. The van der Waals surface area contributed by atoms with Crippen molar-refractivity contribution in [3.8, 4) is 0 Å². The predicted molar refractivity (Wildman–Crippen MR) is 118 cm³/mol. The summed E-state index contributed by atoms with van der Waals surface area (Å²) in [7, 11) is 1.91. The Kier molecular flexibility index (Phi) is 6.29. The summed E-state index contributed by atoms with van der Waals surface area (Å²) in [5.41, 5.74) is 1.33. The van der Waals surface area contributed by atoms with E-state index in [1.807, 2.05) is 35.9 Å². The van der Waals surface area contributed by atoms with E-state index in [9.17, 15) is 4.39 Å². The number of pyridine rings is 1. The third-order valence-corrected chi connectivity index (χ3v) is 7.06. The van der Waals surface area contributed by atoms with Crippen molar-refractivity contribution in [3.63, 3.8) is 0 Å². The number of halogens is 3. The molecule has 9 heteroatoms. The first-order valence-corrected chi connectivity index (χ1v) is 11.4. The van der Waals surface area contributed by atoms with E-state index in [0.717, 1.165) is 21.6 Å². The van der Waals surface area contributed by atoms with Crippen LogP contribution >= 0.6 is 46.7 Å². The van der Waals surface area contributed by atoms with E-state index in [1.54, 1.807) is 30.1 Å². The number of hydrogen-bond acceptors (Lipinski definition) is 5. The zero-order valence-electron chi connectivity index (χ0n) is 15.3. The SMILES string of the molecule is Cn1c(CSc2ccnc3cc(Cl)ccc23)nnc1SCc1c(F)cccc1Cl. The first-order valence-electron chi connectivity index (χ1n) is 8.64. The number of hydrogen-bond donors (Lipinski definition) is 0.